The Balaban J connectivity index is 1.89. The Bertz CT molecular complexity index is 209. The number of rotatable bonds is 4. The average Bonchev–Trinajstić information content (AvgIpc) is 2.86. The lowest BCUT2D eigenvalue weighted by atomic mass is 9.92. The fraction of sp³-hybridized carbons (Fsp3) is 0.846. The van der Waals surface area contributed by atoms with E-state index in [4.69, 9.17) is 0 Å². The quantitative estimate of drug-likeness (QED) is 0.691. The highest BCUT2D eigenvalue weighted by Gasteiger charge is 2.34. The molecule has 0 aromatic carbocycles. The van der Waals surface area contributed by atoms with Crippen LogP contribution in [0.2, 0.25) is 0 Å². The van der Waals surface area contributed by atoms with Crippen LogP contribution < -0.4 is 10.6 Å². The molecule has 1 saturated heterocycles. The molecule has 2 nitrogen and oxygen atoms in total. The van der Waals surface area contributed by atoms with E-state index in [9.17, 15) is 0 Å². The van der Waals surface area contributed by atoms with Crippen LogP contribution in [0.4, 0.5) is 0 Å². The summed E-state index contributed by atoms with van der Waals surface area (Å²) in [5.41, 5.74) is 0. The highest BCUT2D eigenvalue weighted by Crippen LogP contribution is 2.32. The van der Waals surface area contributed by atoms with E-state index in [-0.39, 0.29) is 0 Å². The highest BCUT2D eigenvalue weighted by molar-refractivity contribution is 4.96. The van der Waals surface area contributed by atoms with Crippen LogP contribution in [0.15, 0.2) is 12.7 Å². The second-order valence-corrected chi connectivity index (χ2v) is 5.10. The molecular weight excluding hydrogens is 184 g/mol. The van der Waals surface area contributed by atoms with Crippen molar-refractivity contribution in [2.24, 2.45) is 5.92 Å². The average molecular weight is 208 g/mol. The zero-order valence-electron chi connectivity index (χ0n) is 9.84. The molecule has 2 aliphatic rings. The van der Waals surface area contributed by atoms with E-state index < -0.39 is 0 Å². The maximum Gasteiger partial charge on any atom is 0.0221 e. The second kappa shape index (κ2) is 5.13. The van der Waals surface area contributed by atoms with Crippen LogP contribution in [0.1, 0.15) is 39.0 Å². The van der Waals surface area contributed by atoms with Gasteiger partial charge in [-0.1, -0.05) is 12.5 Å². The highest BCUT2D eigenvalue weighted by atomic mass is 15.0. The Kier molecular flexibility index (Phi) is 3.81. The molecule has 0 amide bonds. The zero-order chi connectivity index (χ0) is 10.7. The van der Waals surface area contributed by atoms with Crippen molar-refractivity contribution in [1.29, 1.82) is 0 Å². The first kappa shape index (κ1) is 11.2. The first-order valence-electron chi connectivity index (χ1n) is 6.43. The lowest BCUT2D eigenvalue weighted by Crippen LogP contribution is -2.44. The molecule has 4 atom stereocenters. The van der Waals surface area contributed by atoms with E-state index in [1.165, 1.54) is 38.6 Å². The minimum atomic E-state index is 0.456. The molecule has 2 heteroatoms. The van der Waals surface area contributed by atoms with Gasteiger partial charge < -0.3 is 10.6 Å². The van der Waals surface area contributed by atoms with Crippen molar-refractivity contribution in [2.45, 2.75) is 57.2 Å². The summed E-state index contributed by atoms with van der Waals surface area (Å²) in [5, 5.41) is 7.35. The van der Waals surface area contributed by atoms with E-state index in [1.54, 1.807) is 0 Å². The molecule has 1 saturated carbocycles. The molecule has 1 aliphatic heterocycles. The van der Waals surface area contributed by atoms with Crippen LogP contribution in [0.5, 0.6) is 0 Å². The van der Waals surface area contributed by atoms with Gasteiger partial charge in [0.15, 0.2) is 0 Å². The van der Waals surface area contributed by atoms with Crippen LogP contribution in [0, 0.1) is 5.92 Å². The van der Waals surface area contributed by atoms with Crippen LogP contribution in [-0.4, -0.2) is 24.7 Å². The largest absolute Gasteiger partial charge is 0.314 e. The normalized spacial score (nSPS) is 38.1. The molecule has 15 heavy (non-hydrogen) atoms. The maximum absolute atomic E-state index is 3.85. The monoisotopic (exact) mass is 208 g/mol. The van der Waals surface area contributed by atoms with Gasteiger partial charge in [0.2, 0.25) is 0 Å². The summed E-state index contributed by atoms with van der Waals surface area (Å²) < 4.78 is 0. The van der Waals surface area contributed by atoms with Gasteiger partial charge in [-0.2, -0.15) is 0 Å². The predicted molar refractivity (Wildman–Crippen MR) is 64.9 cm³/mol. The van der Waals surface area contributed by atoms with Crippen molar-refractivity contribution in [1.82, 2.24) is 10.6 Å². The molecule has 2 fully saturated rings. The fourth-order valence-corrected chi connectivity index (χ4v) is 3.16. The van der Waals surface area contributed by atoms with Gasteiger partial charge in [0.05, 0.1) is 0 Å². The molecule has 2 rings (SSSR count). The van der Waals surface area contributed by atoms with E-state index in [2.05, 4.69) is 24.1 Å². The number of hydrogen-bond donors (Lipinski definition) is 2. The van der Waals surface area contributed by atoms with Gasteiger partial charge in [-0.15, -0.1) is 6.58 Å². The fourth-order valence-electron chi connectivity index (χ4n) is 3.16. The predicted octanol–water partition coefficient (Wildman–Crippen LogP) is 2.07. The van der Waals surface area contributed by atoms with Crippen molar-refractivity contribution in [3.63, 3.8) is 0 Å². The van der Waals surface area contributed by atoms with Gasteiger partial charge in [0.1, 0.15) is 0 Å². The Hall–Kier alpha value is -0.340. The van der Waals surface area contributed by atoms with Gasteiger partial charge in [-0.25, -0.2) is 0 Å². The Labute approximate surface area is 93.5 Å². The van der Waals surface area contributed by atoms with Crippen molar-refractivity contribution in [3.05, 3.63) is 12.7 Å². The minimum absolute atomic E-state index is 0.456. The smallest absolute Gasteiger partial charge is 0.0221 e. The molecular formula is C13H24N2. The molecule has 0 aromatic heterocycles. The third-order valence-electron chi connectivity index (χ3n) is 4.02. The summed E-state index contributed by atoms with van der Waals surface area (Å²) in [4.78, 5) is 0. The van der Waals surface area contributed by atoms with Crippen molar-refractivity contribution < 1.29 is 0 Å². The summed E-state index contributed by atoms with van der Waals surface area (Å²) in [6, 6.07) is 1.95. The lowest BCUT2D eigenvalue weighted by molar-refractivity contribution is 0.313. The summed E-state index contributed by atoms with van der Waals surface area (Å²) in [7, 11) is 0. The third-order valence-corrected chi connectivity index (χ3v) is 4.02. The van der Waals surface area contributed by atoms with Crippen molar-refractivity contribution >= 4 is 0 Å². The summed E-state index contributed by atoms with van der Waals surface area (Å²) in [5.74, 6) is 0.856. The molecule has 2 N–H and O–H groups in total. The summed E-state index contributed by atoms with van der Waals surface area (Å²) in [6.07, 6.45) is 8.90. The molecule has 86 valence electrons. The number of hydrogen-bond acceptors (Lipinski definition) is 2. The Morgan fingerprint density at radius 3 is 2.87 bits per heavy atom. The third kappa shape index (κ3) is 2.61. The van der Waals surface area contributed by atoms with Gasteiger partial charge in [0, 0.05) is 18.1 Å². The molecule has 0 spiro atoms. The van der Waals surface area contributed by atoms with Crippen LogP contribution >= 0.6 is 0 Å². The molecule has 1 aliphatic carbocycles. The van der Waals surface area contributed by atoms with Crippen LogP contribution in [0.3, 0.4) is 0 Å². The summed E-state index contributed by atoms with van der Waals surface area (Å²) in [6.45, 7) is 7.27. The Morgan fingerprint density at radius 2 is 2.20 bits per heavy atom. The molecule has 1 heterocycles. The topological polar surface area (TPSA) is 24.1 Å². The van der Waals surface area contributed by atoms with Crippen LogP contribution in [0.25, 0.3) is 0 Å². The minimum Gasteiger partial charge on any atom is -0.314 e. The van der Waals surface area contributed by atoms with Crippen molar-refractivity contribution in [2.75, 3.05) is 6.54 Å². The van der Waals surface area contributed by atoms with Crippen LogP contribution in [-0.2, 0) is 0 Å². The van der Waals surface area contributed by atoms with E-state index in [0.29, 0.717) is 12.1 Å². The molecule has 0 bridgehead atoms. The first-order chi connectivity index (χ1) is 7.31. The number of nitrogens with one attached hydrogen (secondary N) is 2. The molecule has 0 aromatic rings. The molecule has 0 radical (unpaired) electrons. The zero-order valence-corrected chi connectivity index (χ0v) is 9.84. The molecule has 4 unspecified atom stereocenters. The standard InChI is InChI=1S/C13H24N2/c1-3-10(2)15-13-7-4-6-11(13)12-8-5-9-14-12/h3,10-15H,1,4-9H2,2H3. The Morgan fingerprint density at radius 1 is 1.33 bits per heavy atom. The second-order valence-electron chi connectivity index (χ2n) is 5.10. The van der Waals surface area contributed by atoms with E-state index >= 15 is 0 Å². The van der Waals surface area contributed by atoms with E-state index in [1.807, 2.05) is 6.08 Å². The van der Waals surface area contributed by atoms with Crippen molar-refractivity contribution in [3.8, 4) is 0 Å². The van der Waals surface area contributed by atoms with Gasteiger partial charge >= 0.3 is 0 Å². The van der Waals surface area contributed by atoms with Gasteiger partial charge in [0.25, 0.3) is 0 Å². The first-order valence-corrected chi connectivity index (χ1v) is 6.43. The van der Waals surface area contributed by atoms with Gasteiger partial charge in [-0.05, 0) is 45.1 Å². The maximum atomic E-state index is 3.85. The SMILES string of the molecule is C=CC(C)NC1CCCC1C1CCCN1. The van der Waals surface area contributed by atoms with E-state index in [0.717, 1.165) is 12.0 Å². The summed E-state index contributed by atoms with van der Waals surface area (Å²) >= 11 is 0. The van der Waals surface area contributed by atoms with Gasteiger partial charge in [-0.3, -0.25) is 0 Å². The lowest BCUT2D eigenvalue weighted by Gasteiger charge is -2.28.